The molecule has 0 radical (unpaired) electrons. The van der Waals surface area contributed by atoms with Crippen LogP contribution in [0.4, 0.5) is 27.6 Å². The molecule has 0 saturated heterocycles. The molecule has 2 N–H and O–H groups in total. The first-order valence-electron chi connectivity index (χ1n) is 11.9. The maximum absolute atomic E-state index is 14.2. The van der Waals surface area contributed by atoms with E-state index in [1.54, 1.807) is 0 Å². The Morgan fingerprint density at radius 2 is 1.82 bits per heavy atom. The molecule has 2 unspecified atom stereocenters. The van der Waals surface area contributed by atoms with Gasteiger partial charge in [0.25, 0.3) is 5.91 Å². The van der Waals surface area contributed by atoms with Gasteiger partial charge < -0.3 is 15.2 Å². The SMILES string of the molecule is Cc1nocc1C(=O)NC(C(=O)Nc1ccc(-c2c(C(F)(F)F)ccnc2C)cc1)C1CCCC(F)(F)C1. The summed E-state index contributed by atoms with van der Waals surface area (Å²) in [5.74, 6) is -5.23. The van der Waals surface area contributed by atoms with Crippen LogP contribution >= 0.6 is 0 Å². The van der Waals surface area contributed by atoms with E-state index in [-0.39, 0.29) is 46.6 Å². The van der Waals surface area contributed by atoms with E-state index in [2.05, 4.69) is 20.8 Å². The van der Waals surface area contributed by atoms with Crippen molar-refractivity contribution in [3.63, 3.8) is 0 Å². The zero-order valence-electron chi connectivity index (χ0n) is 20.5. The Labute approximate surface area is 214 Å². The lowest BCUT2D eigenvalue weighted by atomic mass is 9.81. The van der Waals surface area contributed by atoms with Gasteiger partial charge in [-0.2, -0.15) is 13.2 Å². The second-order valence-corrected chi connectivity index (χ2v) is 9.36. The van der Waals surface area contributed by atoms with Crippen LogP contribution in [0.25, 0.3) is 11.1 Å². The van der Waals surface area contributed by atoms with Gasteiger partial charge in [0.2, 0.25) is 11.8 Å². The van der Waals surface area contributed by atoms with E-state index in [0.717, 1.165) is 18.5 Å². The average molecular weight is 537 g/mol. The van der Waals surface area contributed by atoms with Gasteiger partial charge in [-0.25, -0.2) is 8.78 Å². The second-order valence-electron chi connectivity index (χ2n) is 9.36. The van der Waals surface area contributed by atoms with Crippen LogP contribution in [0, 0.1) is 19.8 Å². The fourth-order valence-corrected chi connectivity index (χ4v) is 4.73. The smallest absolute Gasteiger partial charge is 0.364 e. The number of aromatic nitrogens is 2. The molecule has 2 amide bonds. The first-order valence-corrected chi connectivity index (χ1v) is 11.9. The third kappa shape index (κ3) is 6.00. The first kappa shape index (κ1) is 27.2. The molecule has 38 heavy (non-hydrogen) atoms. The summed E-state index contributed by atoms with van der Waals surface area (Å²) in [5, 5.41) is 8.76. The van der Waals surface area contributed by atoms with Crippen molar-refractivity contribution in [2.75, 3.05) is 5.32 Å². The Hall–Kier alpha value is -3.83. The van der Waals surface area contributed by atoms with Gasteiger partial charge in [0.15, 0.2) is 0 Å². The second kappa shape index (κ2) is 10.5. The van der Waals surface area contributed by atoms with Crippen LogP contribution in [0.3, 0.4) is 0 Å². The van der Waals surface area contributed by atoms with Crippen molar-refractivity contribution < 1.29 is 36.1 Å². The highest BCUT2D eigenvalue weighted by molar-refractivity contribution is 6.01. The van der Waals surface area contributed by atoms with Crippen LogP contribution in [0.1, 0.15) is 53.0 Å². The number of hydrogen-bond donors (Lipinski definition) is 2. The average Bonchev–Trinajstić information content (AvgIpc) is 3.27. The number of benzene rings is 1. The highest BCUT2D eigenvalue weighted by atomic mass is 19.4. The fraction of sp³-hybridized carbons (Fsp3) is 0.385. The number of halogens is 5. The summed E-state index contributed by atoms with van der Waals surface area (Å²) >= 11 is 0. The van der Waals surface area contributed by atoms with Gasteiger partial charge in [-0.05, 0) is 56.4 Å². The van der Waals surface area contributed by atoms with E-state index >= 15 is 0 Å². The largest absolute Gasteiger partial charge is 0.417 e. The summed E-state index contributed by atoms with van der Waals surface area (Å²) < 4.78 is 73.7. The number of rotatable bonds is 6. The van der Waals surface area contributed by atoms with Crippen LogP contribution in [0.2, 0.25) is 0 Å². The summed E-state index contributed by atoms with van der Waals surface area (Å²) in [6, 6.07) is 5.20. The molecule has 202 valence electrons. The number of nitrogens with one attached hydrogen (secondary N) is 2. The van der Waals surface area contributed by atoms with Gasteiger partial charge >= 0.3 is 6.18 Å². The lowest BCUT2D eigenvalue weighted by Crippen LogP contribution is -2.50. The number of pyridine rings is 1. The Balaban J connectivity index is 1.57. The van der Waals surface area contributed by atoms with Crippen LogP contribution in [0.15, 0.2) is 47.3 Å². The minimum Gasteiger partial charge on any atom is -0.364 e. The maximum Gasteiger partial charge on any atom is 0.417 e. The summed E-state index contributed by atoms with van der Waals surface area (Å²) in [6.45, 7) is 2.99. The molecule has 2 aromatic heterocycles. The lowest BCUT2D eigenvalue weighted by Gasteiger charge is -2.34. The van der Waals surface area contributed by atoms with E-state index in [1.807, 2.05) is 0 Å². The van der Waals surface area contributed by atoms with Crippen molar-refractivity contribution in [3.05, 3.63) is 65.3 Å². The van der Waals surface area contributed by atoms with E-state index in [0.29, 0.717) is 6.42 Å². The van der Waals surface area contributed by atoms with E-state index in [4.69, 9.17) is 4.52 Å². The number of carbonyl (C=O) groups excluding carboxylic acids is 2. The predicted octanol–water partition coefficient (Wildman–Crippen LogP) is 5.93. The summed E-state index contributed by atoms with van der Waals surface area (Å²) in [7, 11) is 0. The summed E-state index contributed by atoms with van der Waals surface area (Å²) in [5.41, 5.74) is 0.0552. The number of hydrogen-bond acceptors (Lipinski definition) is 5. The number of nitrogens with zero attached hydrogens (tertiary/aromatic N) is 2. The number of carbonyl (C=O) groups is 2. The van der Waals surface area contributed by atoms with Crippen molar-refractivity contribution in [1.82, 2.24) is 15.5 Å². The molecule has 1 aliphatic carbocycles. The first-order chi connectivity index (χ1) is 17.9. The molecule has 0 bridgehead atoms. The Morgan fingerprint density at radius 1 is 1.11 bits per heavy atom. The van der Waals surface area contributed by atoms with E-state index < -0.39 is 47.9 Å². The number of aryl methyl sites for hydroxylation is 2. The van der Waals surface area contributed by atoms with Gasteiger partial charge in [-0.15, -0.1) is 0 Å². The molecule has 1 saturated carbocycles. The van der Waals surface area contributed by atoms with Crippen molar-refractivity contribution in [2.45, 2.75) is 57.7 Å². The van der Waals surface area contributed by atoms with Gasteiger partial charge in [0.05, 0.1) is 11.3 Å². The molecule has 0 spiro atoms. The number of alkyl halides is 5. The van der Waals surface area contributed by atoms with Crippen molar-refractivity contribution >= 4 is 17.5 Å². The molecule has 1 aliphatic rings. The molecule has 2 heterocycles. The highest BCUT2D eigenvalue weighted by Crippen LogP contribution is 2.40. The molecule has 3 aromatic rings. The standard InChI is InChI=1S/C26H25F5N4O3/c1-14-19(13-38-35-14)23(36)34-22(17-4-3-10-25(27,28)12-17)24(37)33-18-7-5-16(6-8-18)21-15(2)32-11-9-20(21)26(29,30)31/h5-9,11,13,17,22H,3-4,10,12H2,1-2H3,(H,33,37)(H,34,36). The monoisotopic (exact) mass is 536 g/mol. The Morgan fingerprint density at radius 3 is 2.42 bits per heavy atom. The molecule has 1 aromatic carbocycles. The van der Waals surface area contributed by atoms with Crippen molar-refractivity contribution in [1.29, 1.82) is 0 Å². The number of anilines is 1. The topological polar surface area (TPSA) is 97.1 Å². The highest BCUT2D eigenvalue weighted by Gasteiger charge is 2.42. The van der Waals surface area contributed by atoms with Gasteiger partial charge in [-0.3, -0.25) is 14.6 Å². The fourth-order valence-electron chi connectivity index (χ4n) is 4.73. The van der Waals surface area contributed by atoms with Crippen molar-refractivity contribution in [3.8, 4) is 11.1 Å². The molecule has 0 aliphatic heterocycles. The van der Waals surface area contributed by atoms with Crippen LogP contribution in [-0.4, -0.2) is 33.9 Å². The predicted molar refractivity (Wildman–Crippen MR) is 127 cm³/mol. The number of amides is 2. The Bertz CT molecular complexity index is 1320. The molecule has 7 nitrogen and oxygen atoms in total. The van der Waals surface area contributed by atoms with Gasteiger partial charge in [0.1, 0.15) is 17.9 Å². The maximum atomic E-state index is 14.2. The zero-order chi connectivity index (χ0) is 27.7. The molecule has 4 rings (SSSR count). The van der Waals surface area contributed by atoms with Gasteiger partial charge in [-0.1, -0.05) is 17.3 Å². The third-order valence-corrected chi connectivity index (χ3v) is 6.60. The Kier molecular flexibility index (Phi) is 7.52. The lowest BCUT2D eigenvalue weighted by molar-refractivity contribution is -0.137. The molecule has 12 heteroatoms. The van der Waals surface area contributed by atoms with Crippen molar-refractivity contribution in [2.24, 2.45) is 5.92 Å². The van der Waals surface area contributed by atoms with E-state index in [9.17, 15) is 31.5 Å². The molecule has 2 atom stereocenters. The van der Waals surface area contributed by atoms with E-state index in [1.165, 1.54) is 38.1 Å². The normalized spacial score (nSPS) is 18.0. The molecular weight excluding hydrogens is 511 g/mol. The molecule has 1 fully saturated rings. The zero-order valence-corrected chi connectivity index (χ0v) is 20.5. The summed E-state index contributed by atoms with van der Waals surface area (Å²) in [4.78, 5) is 30.0. The minimum absolute atomic E-state index is 0.0713. The van der Waals surface area contributed by atoms with Crippen LogP contribution in [-0.2, 0) is 11.0 Å². The minimum atomic E-state index is -4.59. The molecular formula is C26H25F5N4O3. The quantitative estimate of drug-likeness (QED) is 0.381. The third-order valence-electron chi connectivity index (χ3n) is 6.60. The summed E-state index contributed by atoms with van der Waals surface area (Å²) in [6.07, 6.45) is -2.80. The van der Waals surface area contributed by atoms with Crippen LogP contribution in [0.5, 0.6) is 0 Å². The van der Waals surface area contributed by atoms with Gasteiger partial charge in [0, 0.05) is 36.0 Å². The van der Waals surface area contributed by atoms with Crippen LogP contribution < -0.4 is 10.6 Å².